The number of halogens is 3. The number of methoxy groups -OCH3 is 1. The summed E-state index contributed by atoms with van der Waals surface area (Å²) in [5.74, 6) is -1.07. The summed E-state index contributed by atoms with van der Waals surface area (Å²) in [6, 6.07) is 3.57. The first-order chi connectivity index (χ1) is 17.1. The number of carbonyl (C=O) groups excluding carboxylic acids is 1. The lowest BCUT2D eigenvalue weighted by molar-refractivity contribution is -0.213. The van der Waals surface area contributed by atoms with E-state index in [4.69, 9.17) is 15.2 Å². The average molecular weight is 506 g/mol. The molecule has 2 aromatic heterocycles. The molecule has 1 atom stereocenters. The Morgan fingerprint density at radius 2 is 2.06 bits per heavy atom. The van der Waals surface area contributed by atoms with E-state index in [0.717, 1.165) is 23.8 Å². The topological polar surface area (TPSA) is 120 Å². The minimum atomic E-state index is -5.09. The summed E-state index contributed by atoms with van der Waals surface area (Å²) in [6.07, 6.45) is -0.512. The largest absolute Gasteiger partial charge is 0.495 e. The quantitative estimate of drug-likeness (QED) is 0.487. The third-order valence-corrected chi connectivity index (χ3v) is 6.64. The maximum Gasteiger partial charge on any atom is 0.490 e. The maximum absolute atomic E-state index is 12.9. The number of nitrogens with zero attached hydrogens (tertiary/aromatic N) is 5. The van der Waals surface area contributed by atoms with Crippen LogP contribution in [0.25, 0.3) is 11.0 Å². The van der Waals surface area contributed by atoms with Gasteiger partial charge in [0.2, 0.25) is 5.95 Å². The first-order valence-electron chi connectivity index (χ1n) is 11.5. The van der Waals surface area contributed by atoms with Crippen LogP contribution in [0.5, 0.6) is 5.75 Å². The molecule has 3 heterocycles. The highest BCUT2D eigenvalue weighted by Crippen LogP contribution is 2.39. The molecule has 10 nitrogen and oxygen atoms in total. The van der Waals surface area contributed by atoms with Crippen LogP contribution in [-0.2, 0) is 22.5 Å². The van der Waals surface area contributed by atoms with E-state index in [1.54, 1.807) is 36.5 Å². The van der Waals surface area contributed by atoms with Gasteiger partial charge in [0.05, 0.1) is 24.4 Å². The van der Waals surface area contributed by atoms with Crippen molar-refractivity contribution in [2.24, 2.45) is 11.7 Å². The molecule has 36 heavy (non-hydrogen) atoms. The predicted molar refractivity (Wildman–Crippen MR) is 124 cm³/mol. The summed E-state index contributed by atoms with van der Waals surface area (Å²) in [4.78, 5) is 22.1. The normalized spacial score (nSPS) is 22.1. The van der Waals surface area contributed by atoms with Crippen LogP contribution in [0.2, 0.25) is 0 Å². The molecule has 192 valence electrons. The second-order valence-corrected chi connectivity index (χ2v) is 9.26. The van der Waals surface area contributed by atoms with Gasteiger partial charge in [-0.1, -0.05) is 0 Å². The smallest absolute Gasteiger partial charge is 0.490 e. The number of alkyl halides is 3. The Morgan fingerprint density at radius 1 is 1.28 bits per heavy atom. The van der Waals surface area contributed by atoms with E-state index < -0.39 is 18.4 Å². The van der Waals surface area contributed by atoms with Gasteiger partial charge in [0.25, 0.3) is 0 Å². The highest BCUT2D eigenvalue weighted by Gasteiger charge is 2.44. The van der Waals surface area contributed by atoms with Crippen LogP contribution < -0.4 is 15.8 Å². The van der Waals surface area contributed by atoms with E-state index >= 15 is 0 Å². The minimum absolute atomic E-state index is 0.235. The number of hydrogen-bond acceptors (Lipinski definition) is 9. The zero-order valence-corrected chi connectivity index (χ0v) is 19.7. The van der Waals surface area contributed by atoms with Crippen LogP contribution >= 0.6 is 0 Å². The fourth-order valence-electron chi connectivity index (χ4n) is 4.69. The van der Waals surface area contributed by atoms with Crippen LogP contribution in [0.1, 0.15) is 30.2 Å². The molecule has 0 spiro atoms. The second-order valence-electron chi connectivity index (χ2n) is 9.26. The van der Waals surface area contributed by atoms with Crippen molar-refractivity contribution in [1.82, 2.24) is 24.6 Å². The van der Waals surface area contributed by atoms with E-state index in [9.17, 15) is 18.0 Å². The van der Waals surface area contributed by atoms with Gasteiger partial charge in [-0.3, -0.25) is 4.90 Å². The Balaban J connectivity index is 1.45. The van der Waals surface area contributed by atoms with E-state index in [1.807, 2.05) is 4.68 Å². The number of nitrogens with two attached hydrogens (primary N) is 1. The predicted octanol–water partition coefficient (Wildman–Crippen LogP) is 2.91. The zero-order valence-electron chi connectivity index (χ0n) is 19.7. The summed E-state index contributed by atoms with van der Waals surface area (Å²) >= 11 is 0. The number of likely N-dealkylation sites (N-methyl/N-ethyl adjacent to an activating group) is 1. The van der Waals surface area contributed by atoms with Crippen LogP contribution in [0.3, 0.4) is 0 Å². The van der Waals surface area contributed by atoms with E-state index in [0.29, 0.717) is 48.1 Å². The SMILES string of the molecule is COc1cc2c(cc1Nc1ncc3cnn(CC4CC(N)C4)c3n1)C(OC(=O)C(F)(F)F)N(C)CC2. The molecule has 0 radical (unpaired) electrons. The lowest BCUT2D eigenvalue weighted by Crippen LogP contribution is -2.38. The summed E-state index contributed by atoms with van der Waals surface area (Å²) in [5, 5.41) is 8.30. The lowest BCUT2D eigenvalue weighted by Gasteiger charge is -2.34. The fourth-order valence-corrected chi connectivity index (χ4v) is 4.69. The molecule has 2 aliphatic rings. The third-order valence-electron chi connectivity index (χ3n) is 6.64. The first kappa shape index (κ1) is 24.3. The van der Waals surface area contributed by atoms with Gasteiger partial charge in [0.1, 0.15) is 5.75 Å². The number of fused-ring (bicyclic) bond motifs is 2. The van der Waals surface area contributed by atoms with Crippen molar-refractivity contribution < 1.29 is 27.4 Å². The molecule has 1 fully saturated rings. The van der Waals surface area contributed by atoms with E-state index in [-0.39, 0.29) is 12.0 Å². The second kappa shape index (κ2) is 9.21. The zero-order chi connectivity index (χ0) is 25.6. The highest BCUT2D eigenvalue weighted by atomic mass is 19.4. The van der Waals surface area contributed by atoms with Crippen LogP contribution in [0.4, 0.5) is 24.8 Å². The van der Waals surface area contributed by atoms with Crippen molar-refractivity contribution >= 4 is 28.6 Å². The summed E-state index contributed by atoms with van der Waals surface area (Å²) < 4.78 is 50.9. The van der Waals surface area contributed by atoms with Gasteiger partial charge in [-0.25, -0.2) is 14.5 Å². The third kappa shape index (κ3) is 4.67. The molecule has 1 saturated carbocycles. The van der Waals surface area contributed by atoms with Crippen molar-refractivity contribution in [1.29, 1.82) is 0 Å². The van der Waals surface area contributed by atoms with Crippen molar-refractivity contribution in [2.45, 2.75) is 44.3 Å². The molecule has 0 saturated heterocycles. The Hall–Kier alpha value is -3.45. The van der Waals surface area contributed by atoms with Crippen molar-refractivity contribution in [3.63, 3.8) is 0 Å². The van der Waals surface area contributed by atoms with Gasteiger partial charge in [-0.15, -0.1) is 0 Å². The van der Waals surface area contributed by atoms with Crippen LogP contribution in [0, 0.1) is 5.92 Å². The molecule has 5 rings (SSSR count). The number of carbonyl (C=O) groups is 1. The van der Waals surface area contributed by atoms with Gasteiger partial charge in [-0.05, 0) is 49.9 Å². The number of rotatable bonds is 6. The van der Waals surface area contributed by atoms with Gasteiger partial charge in [-0.2, -0.15) is 23.3 Å². The van der Waals surface area contributed by atoms with E-state index in [2.05, 4.69) is 20.4 Å². The van der Waals surface area contributed by atoms with Crippen molar-refractivity contribution in [3.05, 3.63) is 35.7 Å². The number of ether oxygens (including phenoxy) is 2. The number of nitrogens with one attached hydrogen (secondary N) is 1. The summed E-state index contributed by atoms with van der Waals surface area (Å²) in [5.41, 5.74) is 8.13. The lowest BCUT2D eigenvalue weighted by atomic mass is 9.81. The number of esters is 1. The first-order valence-corrected chi connectivity index (χ1v) is 11.5. The fraction of sp³-hybridized carbons (Fsp3) is 0.478. The molecule has 1 aliphatic carbocycles. The molecular weight excluding hydrogens is 479 g/mol. The molecule has 0 amide bonds. The number of benzene rings is 1. The number of aromatic nitrogens is 4. The molecule has 3 N–H and O–H groups in total. The van der Waals surface area contributed by atoms with Crippen molar-refractivity contribution in [2.75, 3.05) is 26.0 Å². The number of hydrogen-bond donors (Lipinski definition) is 2. The molecule has 3 aromatic rings. The van der Waals surface area contributed by atoms with E-state index in [1.165, 1.54) is 7.11 Å². The molecule has 1 aliphatic heterocycles. The van der Waals surface area contributed by atoms with Crippen LogP contribution in [-0.4, -0.2) is 63.5 Å². The highest BCUT2D eigenvalue weighted by molar-refractivity contribution is 5.77. The van der Waals surface area contributed by atoms with Gasteiger partial charge in [0, 0.05) is 30.9 Å². The van der Waals surface area contributed by atoms with Gasteiger partial charge >= 0.3 is 12.1 Å². The molecule has 1 aromatic carbocycles. The Morgan fingerprint density at radius 3 is 2.75 bits per heavy atom. The standard InChI is InChI=1S/C23H26F3N7O3/c1-32-4-3-13-7-18(35-2)17(8-16(13)20(32)36-21(34)23(24,25)26)30-22-28-9-14-10-29-33(19(14)31-22)11-12-5-15(27)6-12/h7-10,12,15,20H,3-6,11,27H2,1-2H3,(H,28,30,31). The molecule has 13 heteroatoms. The Labute approximate surface area is 204 Å². The molecular formula is C23H26F3N7O3. The van der Waals surface area contributed by atoms with Gasteiger partial charge in [0.15, 0.2) is 11.9 Å². The average Bonchev–Trinajstić information content (AvgIpc) is 3.21. The summed E-state index contributed by atoms with van der Waals surface area (Å²) in [6.45, 7) is 1.11. The van der Waals surface area contributed by atoms with Crippen LogP contribution in [0.15, 0.2) is 24.5 Å². The Bertz CT molecular complexity index is 1290. The van der Waals surface area contributed by atoms with Gasteiger partial charge < -0.3 is 20.5 Å². The minimum Gasteiger partial charge on any atom is -0.495 e. The summed E-state index contributed by atoms with van der Waals surface area (Å²) in [7, 11) is 3.09. The monoisotopic (exact) mass is 505 g/mol. The Kier molecular flexibility index (Phi) is 6.20. The maximum atomic E-state index is 12.9. The molecule has 1 unspecified atom stereocenters. The number of anilines is 2. The van der Waals surface area contributed by atoms with Crippen molar-refractivity contribution in [3.8, 4) is 5.75 Å². The molecule has 0 bridgehead atoms.